The van der Waals surface area contributed by atoms with Gasteiger partial charge in [0.05, 0.1) is 0 Å². The molecule has 0 aromatic carbocycles. The number of hydrogen-bond acceptors (Lipinski definition) is 1. The third-order valence-electron chi connectivity index (χ3n) is 4.02. The number of carbonyl (C=O) groups excluding carboxylic acids is 1. The van der Waals surface area contributed by atoms with Crippen molar-refractivity contribution in [3.63, 3.8) is 0 Å². The molecule has 0 aliphatic carbocycles. The average molecular weight is 249 g/mol. The van der Waals surface area contributed by atoms with Gasteiger partial charge >= 0.3 is 0 Å². The van der Waals surface area contributed by atoms with E-state index in [9.17, 15) is 4.79 Å². The molecule has 1 fully saturated rings. The van der Waals surface area contributed by atoms with Crippen molar-refractivity contribution in [2.45, 2.75) is 59.3 Å². The highest BCUT2D eigenvalue weighted by Crippen LogP contribution is 2.33. The molecule has 1 saturated heterocycles. The van der Waals surface area contributed by atoms with E-state index in [1.54, 1.807) is 0 Å². The first-order valence-corrected chi connectivity index (χ1v) is 7.05. The van der Waals surface area contributed by atoms with E-state index in [0.29, 0.717) is 13.0 Å². The highest BCUT2D eigenvalue weighted by atomic mass is 16.2. The molecule has 0 atom stereocenters. The van der Waals surface area contributed by atoms with Crippen LogP contribution in [0.5, 0.6) is 0 Å². The van der Waals surface area contributed by atoms with Crippen molar-refractivity contribution < 1.29 is 4.79 Å². The minimum Gasteiger partial charge on any atom is -0.313 e. The van der Waals surface area contributed by atoms with E-state index < -0.39 is 0 Å². The first-order chi connectivity index (χ1) is 8.38. The van der Waals surface area contributed by atoms with E-state index in [1.807, 2.05) is 4.90 Å². The van der Waals surface area contributed by atoms with E-state index in [-0.39, 0.29) is 11.3 Å². The summed E-state index contributed by atoms with van der Waals surface area (Å²) in [5, 5.41) is 0. The fourth-order valence-electron chi connectivity index (χ4n) is 2.30. The first-order valence-electron chi connectivity index (χ1n) is 7.05. The number of hydrogen-bond donors (Lipinski definition) is 0. The standard InChI is InChI=1S/C16H27NO/c1-6-7-8-11-16(4,5)13(2)12-17-14(3)9-10-15(17)18/h2-3,6-12H2,1,4-5H3. The molecule has 0 aromatic heterocycles. The summed E-state index contributed by atoms with van der Waals surface area (Å²) in [6, 6.07) is 0. The van der Waals surface area contributed by atoms with Crippen LogP contribution in [0.25, 0.3) is 0 Å². The van der Waals surface area contributed by atoms with Crippen LogP contribution in [-0.2, 0) is 4.79 Å². The summed E-state index contributed by atoms with van der Waals surface area (Å²) >= 11 is 0. The van der Waals surface area contributed by atoms with Crippen LogP contribution < -0.4 is 0 Å². The van der Waals surface area contributed by atoms with Gasteiger partial charge in [0.1, 0.15) is 0 Å². The Labute approximate surface area is 112 Å². The first kappa shape index (κ1) is 15.0. The maximum absolute atomic E-state index is 11.7. The van der Waals surface area contributed by atoms with Gasteiger partial charge in [0.25, 0.3) is 0 Å². The number of nitrogens with zero attached hydrogens (tertiary/aromatic N) is 1. The van der Waals surface area contributed by atoms with E-state index >= 15 is 0 Å². The number of allylic oxidation sites excluding steroid dienone is 1. The topological polar surface area (TPSA) is 20.3 Å². The van der Waals surface area contributed by atoms with Crippen LogP contribution in [0.4, 0.5) is 0 Å². The summed E-state index contributed by atoms with van der Waals surface area (Å²) in [4.78, 5) is 13.5. The SMILES string of the molecule is C=C1CCC(=O)N1CC(=C)C(C)(C)CCCCC. The monoisotopic (exact) mass is 249 g/mol. The van der Waals surface area contributed by atoms with Crippen LogP contribution in [0.1, 0.15) is 59.3 Å². The van der Waals surface area contributed by atoms with Crippen molar-refractivity contribution in [1.82, 2.24) is 4.90 Å². The molecule has 0 bridgehead atoms. The van der Waals surface area contributed by atoms with Gasteiger partial charge in [-0.05, 0) is 18.3 Å². The van der Waals surface area contributed by atoms with Gasteiger partial charge in [-0.15, -0.1) is 0 Å². The normalized spacial score (nSPS) is 16.5. The summed E-state index contributed by atoms with van der Waals surface area (Å²) in [5.41, 5.74) is 2.21. The maximum Gasteiger partial charge on any atom is 0.227 e. The summed E-state index contributed by atoms with van der Waals surface area (Å²) in [5.74, 6) is 0.200. The molecule has 0 aromatic rings. The van der Waals surface area contributed by atoms with Crippen LogP contribution in [0.3, 0.4) is 0 Å². The second kappa shape index (κ2) is 6.21. The zero-order valence-corrected chi connectivity index (χ0v) is 12.2. The number of rotatable bonds is 7. The Balaban J connectivity index is 2.53. The second-order valence-corrected chi connectivity index (χ2v) is 5.99. The second-order valence-electron chi connectivity index (χ2n) is 5.99. The largest absolute Gasteiger partial charge is 0.313 e. The molecule has 1 rings (SSSR count). The Morgan fingerprint density at radius 2 is 2.00 bits per heavy atom. The third-order valence-corrected chi connectivity index (χ3v) is 4.02. The molecule has 2 heteroatoms. The fraction of sp³-hybridized carbons (Fsp3) is 0.688. The van der Waals surface area contributed by atoms with Gasteiger partial charge in [-0.1, -0.05) is 58.8 Å². The Morgan fingerprint density at radius 3 is 2.50 bits per heavy atom. The number of amides is 1. The van der Waals surface area contributed by atoms with Gasteiger partial charge in [0.15, 0.2) is 0 Å². The van der Waals surface area contributed by atoms with Crippen molar-refractivity contribution >= 4 is 5.91 Å². The molecule has 0 spiro atoms. The molecular weight excluding hydrogens is 222 g/mol. The molecule has 2 nitrogen and oxygen atoms in total. The van der Waals surface area contributed by atoms with Gasteiger partial charge < -0.3 is 4.90 Å². The number of likely N-dealkylation sites (tertiary alicyclic amines) is 1. The van der Waals surface area contributed by atoms with Crippen molar-refractivity contribution in [3.05, 3.63) is 24.4 Å². The van der Waals surface area contributed by atoms with Crippen LogP contribution in [0, 0.1) is 5.41 Å². The van der Waals surface area contributed by atoms with Crippen LogP contribution in [0.2, 0.25) is 0 Å². The Morgan fingerprint density at radius 1 is 1.33 bits per heavy atom. The van der Waals surface area contributed by atoms with E-state index in [0.717, 1.165) is 24.1 Å². The number of unbranched alkanes of at least 4 members (excludes halogenated alkanes) is 2. The molecular formula is C16H27NO. The van der Waals surface area contributed by atoms with Gasteiger partial charge in [-0.3, -0.25) is 4.79 Å². The smallest absolute Gasteiger partial charge is 0.227 e. The lowest BCUT2D eigenvalue weighted by atomic mass is 9.80. The zero-order chi connectivity index (χ0) is 13.8. The fourth-order valence-corrected chi connectivity index (χ4v) is 2.30. The summed E-state index contributed by atoms with van der Waals surface area (Å²) in [7, 11) is 0. The molecule has 0 N–H and O–H groups in total. The van der Waals surface area contributed by atoms with Crippen molar-refractivity contribution in [1.29, 1.82) is 0 Å². The lowest BCUT2D eigenvalue weighted by molar-refractivity contribution is -0.126. The van der Waals surface area contributed by atoms with E-state index in [1.165, 1.54) is 19.3 Å². The maximum atomic E-state index is 11.7. The molecule has 18 heavy (non-hydrogen) atoms. The molecule has 1 aliphatic heterocycles. The summed E-state index contributed by atoms with van der Waals surface area (Å²) < 4.78 is 0. The quantitative estimate of drug-likeness (QED) is 0.487. The lowest BCUT2D eigenvalue weighted by Crippen LogP contribution is -2.30. The molecule has 1 heterocycles. The minimum absolute atomic E-state index is 0.109. The Bertz CT molecular complexity index is 325. The average Bonchev–Trinajstić information content (AvgIpc) is 2.61. The predicted molar refractivity (Wildman–Crippen MR) is 77.2 cm³/mol. The predicted octanol–water partition coefficient (Wildman–Crippen LogP) is 4.29. The van der Waals surface area contributed by atoms with E-state index in [2.05, 4.69) is 33.9 Å². The van der Waals surface area contributed by atoms with Crippen LogP contribution >= 0.6 is 0 Å². The molecule has 102 valence electrons. The third kappa shape index (κ3) is 3.72. The van der Waals surface area contributed by atoms with Gasteiger partial charge in [0.2, 0.25) is 5.91 Å². The van der Waals surface area contributed by atoms with Crippen LogP contribution in [0.15, 0.2) is 24.4 Å². The highest BCUT2D eigenvalue weighted by Gasteiger charge is 2.28. The molecule has 0 saturated carbocycles. The molecule has 1 aliphatic rings. The van der Waals surface area contributed by atoms with Crippen molar-refractivity contribution in [3.8, 4) is 0 Å². The Kier molecular flexibility index (Phi) is 5.18. The molecule has 0 unspecified atom stereocenters. The van der Waals surface area contributed by atoms with Gasteiger partial charge in [0, 0.05) is 18.7 Å². The van der Waals surface area contributed by atoms with Crippen molar-refractivity contribution in [2.75, 3.05) is 6.54 Å². The lowest BCUT2D eigenvalue weighted by Gasteiger charge is -2.30. The van der Waals surface area contributed by atoms with Crippen LogP contribution in [-0.4, -0.2) is 17.4 Å². The van der Waals surface area contributed by atoms with Gasteiger partial charge in [-0.2, -0.15) is 0 Å². The molecule has 1 amide bonds. The minimum atomic E-state index is 0.109. The zero-order valence-electron chi connectivity index (χ0n) is 12.2. The number of carbonyl (C=O) groups is 1. The van der Waals surface area contributed by atoms with Crippen molar-refractivity contribution in [2.24, 2.45) is 5.41 Å². The summed E-state index contributed by atoms with van der Waals surface area (Å²) in [6.07, 6.45) is 6.31. The Hall–Kier alpha value is -1.05. The van der Waals surface area contributed by atoms with E-state index in [4.69, 9.17) is 0 Å². The molecule has 0 radical (unpaired) electrons. The highest BCUT2D eigenvalue weighted by molar-refractivity contribution is 5.81. The summed E-state index contributed by atoms with van der Waals surface area (Å²) in [6.45, 7) is 15.5. The van der Waals surface area contributed by atoms with Gasteiger partial charge in [-0.25, -0.2) is 0 Å².